The first-order valence-corrected chi connectivity index (χ1v) is 5.19. The molecular formula is C11H17N3O2. The van der Waals surface area contributed by atoms with Crippen molar-refractivity contribution < 1.29 is 9.90 Å². The summed E-state index contributed by atoms with van der Waals surface area (Å²) in [6.07, 6.45) is 1.45. The van der Waals surface area contributed by atoms with Gasteiger partial charge in [0.25, 0.3) is 5.91 Å². The van der Waals surface area contributed by atoms with Crippen molar-refractivity contribution in [3.8, 4) is 0 Å². The van der Waals surface area contributed by atoms with Gasteiger partial charge in [0.1, 0.15) is 5.69 Å². The van der Waals surface area contributed by atoms with Crippen molar-refractivity contribution in [1.82, 2.24) is 9.88 Å². The van der Waals surface area contributed by atoms with E-state index in [1.165, 1.54) is 6.20 Å². The van der Waals surface area contributed by atoms with Crippen LogP contribution in [0.5, 0.6) is 0 Å². The third-order valence-corrected chi connectivity index (χ3v) is 2.23. The van der Waals surface area contributed by atoms with Crippen LogP contribution in [0.3, 0.4) is 0 Å². The minimum absolute atomic E-state index is 0.0269. The average Bonchev–Trinajstić information content (AvgIpc) is 2.25. The topological polar surface area (TPSA) is 79.5 Å². The molecule has 1 aromatic rings. The van der Waals surface area contributed by atoms with E-state index in [2.05, 4.69) is 4.98 Å². The number of hydrogen-bond acceptors (Lipinski definition) is 4. The zero-order chi connectivity index (χ0) is 12.1. The van der Waals surface area contributed by atoms with Crippen molar-refractivity contribution in [2.45, 2.75) is 19.9 Å². The average molecular weight is 223 g/mol. The number of aromatic nitrogens is 1. The first-order chi connectivity index (χ1) is 7.56. The molecular weight excluding hydrogens is 206 g/mol. The number of nitrogen functional groups attached to an aromatic ring is 1. The van der Waals surface area contributed by atoms with E-state index in [0.717, 1.165) is 0 Å². The van der Waals surface area contributed by atoms with Gasteiger partial charge in [0.05, 0.1) is 18.5 Å². The van der Waals surface area contributed by atoms with Crippen LogP contribution in [0.2, 0.25) is 0 Å². The fraction of sp³-hybridized carbons (Fsp3) is 0.455. The van der Waals surface area contributed by atoms with E-state index in [1.54, 1.807) is 17.0 Å². The van der Waals surface area contributed by atoms with Gasteiger partial charge >= 0.3 is 0 Å². The fourth-order valence-electron chi connectivity index (χ4n) is 1.38. The van der Waals surface area contributed by atoms with Gasteiger partial charge in [0, 0.05) is 12.6 Å². The third kappa shape index (κ3) is 2.93. The van der Waals surface area contributed by atoms with Crippen LogP contribution in [0, 0.1) is 0 Å². The van der Waals surface area contributed by atoms with Gasteiger partial charge in [0.15, 0.2) is 0 Å². The van der Waals surface area contributed by atoms with Crippen LogP contribution in [-0.4, -0.2) is 40.1 Å². The number of aliphatic hydroxyl groups is 1. The molecule has 0 radical (unpaired) electrons. The third-order valence-electron chi connectivity index (χ3n) is 2.23. The summed E-state index contributed by atoms with van der Waals surface area (Å²) < 4.78 is 0. The molecule has 88 valence electrons. The Balaban J connectivity index is 2.86. The van der Waals surface area contributed by atoms with E-state index in [4.69, 9.17) is 10.8 Å². The second-order valence-corrected chi connectivity index (χ2v) is 3.79. The maximum atomic E-state index is 12.0. The van der Waals surface area contributed by atoms with Crippen molar-refractivity contribution in [3.63, 3.8) is 0 Å². The Morgan fingerprint density at radius 1 is 1.56 bits per heavy atom. The Labute approximate surface area is 94.9 Å². The zero-order valence-corrected chi connectivity index (χ0v) is 9.55. The second-order valence-electron chi connectivity index (χ2n) is 3.79. The van der Waals surface area contributed by atoms with Gasteiger partial charge in [-0.25, -0.2) is 4.98 Å². The second kappa shape index (κ2) is 5.46. The highest BCUT2D eigenvalue weighted by Crippen LogP contribution is 2.07. The number of nitrogens with two attached hydrogens (primary N) is 1. The Morgan fingerprint density at radius 3 is 2.69 bits per heavy atom. The molecule has 0 saturated carbocycles. The lowest BCUT2D eigenvalue weighted by atomic mass is 10.2. The smallest absolute Gasteiger partial charge is 0.272 e. The molecule has 5 heteroatoms. The maximum Gasteiger partial charge on any atom is 0.272 e. The summed E-state index contributed by atoms with van der Waals surface area (Å²) in [6.45, 7) is 4.04. The minimum atomic E-state index is -0.191. The van der Waals surface area contributed by atoms with Crippen LogP contribution in [0.1, 0.15) is 24.3 Å². The largest absolute Gasteiger partial charge is 0.397 e. The molecule has 0 aliphatic rings. The first kappa shape index (κ1) is 12.4. The molecule has 1 heterocycles. The summed E-state index contributed by atoms with van der Waals surface area (Å²) in [4.78, 5) is 17.5. The number of rotatable bonds is 4. The molecule has 0 atom stereocenters. The number of pyridine rings is 1. The summed E-state index contributed by atoms with van der Waals surface area (Å²) in [7, 11) is 0. The van der Waals surface area contributed by atoms with Gasteiger partial charge in [0.2, 0.25) is 0 Å². The number of aliphatic hydroxyl groups excluding tert-OH is 1. The highest BCUT2D eigenvalue weighted by Gasteiger charge is 2.18. The van der Waals surface area contributed by atoms with E-state index in [1.807, 2.05) is 13.8 Å². The van der Waals surface area contributed by atoms with E-state index >= 15 is 0 Å². The molecule has 0 unspecified atom stereocenters. The van der Waals surface area contributed by atoms with Crippen LogP contribution in [0.4, 0.5) is 5.69 Å². The van der Waals surface area contributed by atoms with Crippen LogP contribution in [-0.2, 0) is 0 Å². The lowest BCUT2D eigenvalue weighted by molar-refractivity contribution is 0.0659. The number of carbonyl (C=O) groups is 1. The molecule has 1 aromatic heterocycles. The van der Waals surface area contributed by atoms with Gasteiger partial charge < -0.3 is 15.7 Å². The molecule has 0 aromatic carbocycles. The fourth-order valence-corrected chi connectivity index (χ4v) is 1.38. The lowest BCUT2D eigenvalue weighted by Crippen LogP contribution is -2.39. The SMILES string of the molecule is CC(C)N(CCO)C(=O)c1ccc(N)cn1. The summed E-state index contributed by atoms with van der Waals surface area (Å²) in [5, 5.41) is 8.89. The Morgan fingerprint density at radius 2 is 2.25 bits per heavy atom. The van der Waals surface area contributed by atoms with Gasteiger partial charge in [-0.3, -0.25) is 4.79 Å². The molecule has 0 spiro atoms. The molecule has 1 amide bonds. The van der Waals surface area contributed by atoms with Crippen molar-refractivity contribution in [2.75, 3.05) is 18.9 Å². The summed E-state index contributed by atoms with van der Waals surface area (Å²) in [6, 6.07) is 3.25. The van der Waals surface area contributed by atoms with Crippen molar-refractivity contribution >= 4 is 11.6 Å². The van der Waals surface area contributed by atoms with Gasteiger partial charge in [-0.1, -0.05) is 0 Å². The molecule has 1 rings (SSSR count). The van der Waals surface area contributed by atoms with Crippen molar-refractivity contribution in [1.29, 1.82) is 0 Å². The predicted octanol–water partition coefficient (Wildman–Crippen LogP) is 0.507. The molecule has 0 bridgehead atoms. The zero-order valence-electron chi connectivity index (χ0n) is 9.55. The highest BCUT2D eigenvalue weighted by atomic mass is 16.3. The minimum Gasteiger partial charge on any atom is -0.397 e. The van der Waals surface area contributed by atoms with Crippen LogP contribution >= 0.6 is 0 Å². The van der Waals surface area contributed by atoms with Gasteiger partial charge in [-0.2, -0.15) is 0 Å². The molecule has 3 N–H and O–H groups in total. The lowest BCUT2D eigenvalue weighted by Gasteiger charge is -2.25. The van der Waals surface area contributed by atoms with E-state index in [0.29, 0.717) is 17.9 Å². The maximum absolute atomic E-state index is 12.0. The number of anilines is 1. The molecule has 0 saturated heterocycles. The number of nitrogens with zero attached hydrogens (tertiary/aromatic N) is 2. The molecule has 0 fully saturated rings. The molecule has 5 nitrogen and oxygen atoms in total. The standard InChI is InChI=1S/C11H17N3O2/c1-8(2)14(5-6-15)11(16)10-4-3-9(12)7-13-10/h3-4,7-8,15H,5-6,12H2,1-2H3. The van der Waals surface area contributed by atoms with Crippen LogP contribution < -0.4 is 5.73 Å². The number of amides is 1. The van der Waals surface area contributed by atoms with E-state index < -0.39 is 0 Å². The van der Waals surface area contributed by atoms with Gasteiger partial charge in [-0.05, 0) is 26.0 Å². The number of hydrogen-bond donors (Lipinski definition) is 2. The normalized spacial score (nSPS) is 10.5. The summed E-state index contributed by atoms with van der Waals surface area (Å²) in [5.74, 6) is -0.191. The quantitative estimate of drug-likeness (QED) is 0.779. The first-order valence-electron chi connectivity index (χ1n) is 5.19. The van der Waals surface area contributed by atoms with E-state index in [9.17, 15) is 4.79 Å². The summed E-state index contributed by atoms with van der Waals surface area (Å²) >= 11 is 0. The van der Waals surface area contributed by atoms with Crippen molar-refractivity contribution in [2.24, 2.45) is 0 Å². The van der Waals surface area contributed by atoms with Crippen molar-refractivity contribution in [3.05, 3.63) is 24.0 Å². The highest BCUT2D eigenvalue weighted by molar-refractivity contribution is 5.92. The Hall–Kier alpha value is -1.62. The Kier molecular flexibility index (Phi) is 4.25. The molecule has 0 aliphatic carbocycles. The number of carbonyl (C=O) groups excluding carboxylic acids is 1. The van der Waals surface area contributed by atoms with E-state index in [-0.39, 0.29) is 18.6 Å². The molecule has 16 heavy (non-hydrogen) atoms. The predicted molar refractivity (Wildman–Crippen MR) is 61.9 cm³/mol. The summed E-state index contributed by atoms with van der Waals surface area (Å²) in [5.41, 5.74) is 6.36. The molecule has 0 aliphatic heterocycles. The van der Waals surface area contributed by atoms with Gasteiger partial charge in [-0.15, -0.1) is 0 Å². The van der Waals surface area contributed by atoms with Crippen LogP contribution in [0.15, 0.2) is 18.3 Å². The van der Waals surface area contributed by atoms with Crippen LogP contribution in [0.25, 0.3) is 0 Å². The Bertz CT molecular complexity index is 349. The monoisotopic (exact) mass is 223 g/mol.